The van der Waals surface area contributed by atoms with Crippen molar-refractivity contribution in [3.8, 4) is 0 Å². The molecule has 1 aromatic rings. The first-order valence-corrected chi connectivity index (χ1v) is 6.42. The Balaban J connectivity index is 2.00. The minimum atomic E-state index is -0.182. The van der Waals surface area contributed by atoms with Crippen molar-refractivity contribution >= 4 is 29.1 Å². The summed E-state index contributed by atoms with van der Waals surface area (Å²) in [4.78, 5) is 15.7. The lowest BCUT2D eigenvalue weighted by Gasteiger charge is -2.13. The van der Waals surface area contributed by atoms with Crippen molar-refractivity contribution in [2.45, 2.75) is 26.2 Å². The van der Waals surface area contributed by atoms with E-state index in [2.05, 4.69) is 17.2 Å². The van der Waals surface area contributed by atoms with E-state index in [1.54, 1.807) is 12.1 Å². The quantitative estimate of drug-likeness (QED) is 0.855. The molecule has 1 saturated carbocycles. The van der Waals surface area contributed by atoms with Crippen molar-refractivity contribution in [1.82, 2.24) is 10.3 Å². The smallest absolute Gasteiger partial charge is 0.254 e. The van der Waals surface area contributed by atoms with E-state index in [0.29, 0.717) is 22.7 Å². The number of nitrogens with zero attached hydrogens (tertiary/aromatic N) is 1. The molecule has 0 saturated heterocycles. The summed E-state index contributed by atoms with van der Waals surface area (Å²) in [6.45, 7) is 2.86. The second-order valence-electron chi connectivity index (χ2n) is 4.51. The molecule has 1 aliphatic carbocycles. The molecule has 1 fully saturated rings. The molecule has 1 amide bonds. The van der Waals surface area contributed by atoms with E-state index in [9.17, 15) is 4.79 Å². The van der Waals surface area contributed by atoms with Gasteiger partial charge in [-0.2, -0.15) is 0 Å². The molecule has 1 aromatic heterocycles. The topological polar surface area (TPSA) is 42.0 Å². The van der Waals surface area contributed by atoms with E-state index in [1.165, 1.54) is 12.8 Å². The third-order valence-electron chi connectivity index (χ3n) is 3.39. The Labute approximate surface area is 111 Å². The molecule has 17 heavy (non-hydrogen) atoms. The number of aromatic nitrogens is 1. The van der Waals surface area contributed by atoms with Gasteiger partial charge in [0.2, 0.25) is 0 Å². The van der Waals surface area contributed by atoms with Crippen molar-refractivity contribution < 1.29 is 4.79 Å². The number of pyridine rings is 1. The summed E-state index contributed by atoms with van der Waals surface area (Å²) in [7, 11) is 0. The van der Waals surface area contributed by atoms with Gasteiger partial charge in [0.1, 0.15) is 10.3 Å². The maximum Gasteiger partial charge on any atom is 0.254 e. The zero-order valence-electron chi connectivity index (χ0n) is 9.59. The Morgan fingerprint density at radius 2 is 2.18 bits per heavy atom. The zero-order valence-corrected chi connectivity index (χ0v) is 11.1. The van der Waals surface area contributed by atoms with Gasteiger partial charge < -0.3 is 5.32 Å². The summed E-state index contributed by atoms with van der Waals surface area (Å²) in [6, 6.07) is 3.16. The van der Waals surface area contributed by atoms with Crippen molar-refractivity contribution in [1.29, 1.82) is 0 Å². The van der Waals surface area contributed by atoms with E-state index >= 15 is 0 Å². The van der Waals surface area contributed by atoms with Gasteiger partial charge in [0.05, 0.1) is 5.56 Å². The van der Waals surface area contributed by atoms with Crippen LogP contribution in [0, 0.1) is 5.41 Å². The van der Waals surface area contributed by atoms with Gasteiger partial charge in [-0.3, -0.25) is 4.79 Å². The van der Waals surface area contributed by atoms with Crippen LogP contribution < -0.4 is 5.32 Å². The monoisotopic (exact) mass is 272 g/mol. The highest BCUT2D eigenvalue weighted by molar-refractivity contribution is 6.34. The van der Waals surface area contributed by atoms with Crippen LogP contribution in [-0.4, -0.2) is 17.4 Å². The maximum absolute atomic E-state index is 11.9. The lowest BCUT2D eigenvalue weighted by Crippen LogP contribution is -2.30. The lowest BCUT2D eigenvalue weighted by atomic mass is 10.0. The van der Waals surface area contributed by atoms with Crippen molar-refractivity contribution in [2.75, 3.05) is 6.54 Å². The number of amides is 1. The molecule has 0 bridgehead atoms. The molecule has 0 atom stereocenters. The molecular formula is C12H14Cl2N2O. The van der Waals surface area contributed by atoms with E-state index in [-0.39, 0.29) is 11.1 Å². The zero-order chi connectivity index (χ0) is 12.5. The average molecular weight is 273 g/mol. The highest BCUT2D eigenvalue weighted by atomic mass is 35.5. The van der Waals surface area contributed by atoms with Crippen molar-refractivity contribution in [3.05, 3.63) is 28.0 Å². The number of rotatable bonds is 4. The van der Waals surface area contributed by atoms with Gasteiger partial charge in [-0.1, -0.05) is 30.1 Å². The molecule has 0 aliphatic heterocycles. The standard InChI is InChI=1S/C12H14Cl2N2O/c1-2-12(5-6-12)7-15-11(17)8-3-4-9(13)16-10(8)14/h3-4H,2,5-7H2,1H3,(H,15,17). The third-order valence-corrected chi connectivity index (χ3v) is 3.89. The van der Waals surface area contributed by atoms with Crippen LogP contribution in [0.25, 0.3) is 0 Å². The van der Waals surface area contributed by atoms with E-state index in [4.69, 9.17) is 23.2 Å². The summed E-state index contributed by atoms with van der Waals surface area (Å²) >= 11 is 11.5. The Kier molecular flexibility index (Phi) is 3.59. The first-order chi connectivity index (χ1) is 8.06. The molecule has 5 heteroatoms. The third kappa shape index (κ3) is 2.90. The van der Waals surface area contributed by atoms with Gasteiger partial charge in [0, 0.05) is 6.54 Å². The second kappa shape index (κ2) is 4.83. The Morgan fingerprint density at radius 1 is 1.47 bits per heavy atom. The fourth-order valence-electron chi connectivity index (χ4n) is 1.78. The highest BCUT2D eigenvalue weighted by Gasteiger charge is 2.40. The fraction of sp³-hybridized carbons (Fsp3) is 0.500. The van der Waals surface area contributed by atoms with Gasteiger partial charge >= 0.3 is 0 Å². The highest BCUT2D eigenvalue weighted by Crippen LogP contribution is 2.47. The molecule has 92 valence electrons. The van der Waals surface area contributed by atoms with Crippen molar-refractivity contribution in [2.24, 2.45) is 5.41 Å². The Hall–Kier alpha value is -0.800. The van der Waals surface area contributed by atoms with Gasteiger partial charge in [0.25, 0.3) is 5.91 Å². The van der Waals surface area contributed by atoms with Crippen LogP contribution in [0.3, 0.4) is 0 Å². The number of halogens is 2. The van der Waals surface area contributed by atoms with Crippen molar-refractivity contribution in [3.63, 3.8) is 0 Å². The van der Waals surface area contributed by atoms with Gasteiger partial charge in [-0.05, 0) is 36.8 Å². The largest absolute Gasteiger partial charge is 0.351 e. The van der Waals surface area contributed by atoms with Crippen LogP contribution in [0.15, 0.2) is 12.1 Å². The number of hydrogen-bond acceptors (Lipinski definition) is 2. The second-order valence-corrected chi connectivity index (χ2v) is 5.25. The normalized spacial score (nSPS) is 16.6. The van der Waals surface area contributed by atoms with Gasteiger partial charge in [0.15, 0.2) is 0 Å². The Bertz CT molecular complexity index is 444. The lowest BCUT2D eigenvalue weighted by molar-refractivity contribution is 0.0944. The number of carbonyl (C=O) groups is 1. The maximum atomic E-state index is 11.9. The van der Waals surface area contributed by atoms with Crippen LogP contribution in [0.2, 0.25) is 10.3 Å². The van der Waals surface area contributed by atoms with Crippen LogP contribution in [-0.2, 0) is 0 Å². The predicted molar refractivity (Wildman–Crippen MR) is 68.5 cm³/mol. The SMILES string of the molecule is CCC1(CNC(=O)c2ccc(Cl)nc2Cl)CC1. The van der Waals surface area contributed by atoms with Gasteiger partial charge in [-0.15, -0.1) is 0 Å². The predicted octanol–water partition coefficient (Wildman–Crippen LogP) is 3.31. The number of carbonyl (C=O) groups excluding carboxylic acids is 1. The summed E-state index contributed by atoms with van der Waals surface area (Å²) in [6.07, 6.45) is 3.48. The first kappa shape index (κ1) is 12.7. The van der Waals surface area contributed by atoms with Gasteiger partial charge in [-0.25, -0.2) is 4.98 Å². The molecule has 0 aromatic carbocycles. The Morgan fingerprint density at radius 3 is 2.71 bits per heavy atom. The molecule has 1 heterocycles. The summed E-state index contributed by atoms with van der Waals surface area (Å²) in [5, 5.41) is 3.35. The van der Waals surface area contributed by atoms with E-state index < -0.39 is 0 Å². The molecule has 0 spiro atoms. The van der Waals surface area contributed by atoms with Crippen LogP contribution in [0.5, 0.6) is 0 Å². The number of hydrogen-bond donors (Lipinski definition) is 1. The minimum absolute atomic E-state index is 0.149. The molecule has 1 N–H and O–H groups in total. The molecular weight excluding hydrogens is 259 g/mol. The molecule has 0 radical (unpaired) electrons. The number of nitrogens with one attached hydrogen (secondary N) is 1. The molecule has 2 rings (SSSR count). The van der Waals surface area contributed by atoms with Crippen LogP contribution in [0.1, 0.15) is 36.5 Å². The summed E-state index contributed by atoms with van der Waals surface area (Å²) in [5.74, 6) is -0.182. The van der Waals surface area contributed by atoms with Crippen LogP contribution in [0.4, 0.5) is 0 Å². The van der Waals surface area contributed by atoms with Crippen LogP contribution >= 0.6 is 23.2 Å². The summed E-state index contributed by atoms with van der Waals surface area (Å²) in [5.41, 5.74) is 0.699. The molecule has 3 nitrogen and oxygen atoms in total. The molecule has 0 unspecified atom stereocenters. The van der Waals surface area contributed by atoms with E-state index in [0.717, 1.165) is 6.42 Å². The summed E-state index contributed by atoms with van der Waals surface area (Å²) < 4.78 is 0. The fourth-order valence-corrected chi connectivity index (χ4v) is 2.21. The molecule has 1 aliphatic rings. The minimum Gasteiger partial charge on any atom is -0.351 e. The van der Waals surface area contributed by atoms with E-state index in [1.807, 2.05) is 0 Å². The average Bonchev–Trinajstić information content (AvgIpc) is 3.07. The first-order valence-electron chi connectivity index (χ1n) is 5.66.